The van der Waals surface area contributed by atoms with Gasteiger partial charge >= 0.3 is 13.7 Å². The second kappa shape index (κ2) is 11.7. The van der Waals surface area contributed by atoms with E-state index >= 15 is 0 Å². The first-order valence-electron chi connectivity index (χ1n) is 11.2. The van der Waals surface area contributed by atoms with Crippen LogP contribution in [0.1, 0.15) is 27.0 Å². The zero-order valence-corrected chi connectivity index (χ0v) is 22.0. The first-order valence-corrected chi connectivity index (χ1v) is 13.2. The first kappa shape index (κ1) is 28.7. The molecular formula is C23H28N3O9PS. The Kier molecular flexibility index (Phi) is 9.09. The van der Waals surface area contributed by atoms with Crippen LogP contribution in [0, 0.1) is 17.1 Å². The number of benzene rings is 1. The minimum Gasteiger partial charge on any atom is -0.462 e. The van der Waals surface area contributed by atoms with Gasteiger partial charge < -0.3 is 24.2 Å². The molecule has 6 atom stereocenters. The van der Waals surface area contributed by atoms with Gasteiger partial charge in [0, 0.05) is 12.3 Å². The van der Waals surface area contributed by atoms with Crippen molar-refractivity contribution in [1.29, 1.82) is 0 Å². The lowest BCUT2D eigenvalue weighted by Gasteiger charge is -2.29. The van der Waals surface area contributed by atoms with Gasteiger partial charge in [-0.3, -0.25) is 23.7 Å². The van der Waals surface area contributed by atoms with E-state index in [0.29, 0.717) is 0 Å². The van der Waals surface area contributed by atoms with Gasteiger partial charge in [-0.05, 0) is 45.1 Å². The molecule has 2 aromatic rings. The molecule has 200 valence electrons. The standard InChI is InChI=1S/C23H28N3O9PS/c1-5-23(19(29)18(28)20(34-23)26-12-11-17(27)24-22(26)37)13-32-36(31,35-16-9-7-6-8-10-16)25-15(4)21(30)33-14(2)3/h1,6-12,14-15,18-20,28-29H,13H2,2-4H3,(H,25,31)(H,24,27,37)/t15-,18?,19+,20+,23+,36?/m0/s1. The van der Waals surface area contributed by atoms with Gasteiger partial charge in [0.1, 0.15) is 30.6 Å². The number of nitrogens with zero attached hydrogens (tertiary/aromatic N) is 1. The molecule has 3 rings (SSSR count). The fourth-order valence-electron chi connectivity index (χ4n) is 3.43. The molecule has 2 unspecified atom stereocenters. The maximum atomic E-state index is 13.7. The highest BCUT2D eigenvalue weighted by Gasteiger charge is 2.55. The van der Waals surface area contributed by atoms with Crippen molar-refractivity contribution in [2.24, 2.45) is 0 Å². The number of H-pyrrole nitrogens is 1. The maximum absolute atomic E-state index is 13.7. The third kappa shape index (κ3) is 6.74. The number of aliphatic hydroxyl groups excluding tert-OH is 2. The Morgan fingerprint density at radius 2 is 2.00 bits per heavy atom. The Balaban J connectivity index is 1.87. The van der Waals surface area contributed by atoms with Gasteiger partial charge in [-0.1, -0.05) is 24.1 Å². The van der Waals surface area contributed by atoms with Gasteiger partial charge in [-0.2, -0.15) is 5.09 Å². The molecule has 0 saturated carbocycles. The van der Waals surface area contributed by atoms with Crippen molar-refractivity contribution in [3.05, 3.63) is 57.7 Å². The molecule has 1 fully saturated rings. The van der Waals surface area contributed by atoms with Crippen LogP contribution >= 0.6 is 20.0 Å². The summed E-state index contributed by atoms with van der Waals surface area (Å²) >= 11 is 5.11. The van der Waals surface area contributed by atoms with Crippen molar-refractivity contribution >= 4 is 25.9 Å². The summed E-state index contributed by atoms with van der Waals surface area (Å²) in [5.74, 6) is 1.70. The topological polar surface area (TPSA) is 161 Å². The van der Waals surface area contributed by atoms with Crippen molar-refractivity contribution in [3.63, 3.8) is 0 Å². The Morgan fingerprint density at radius 1 is 1.32 bits per heavy atom. The molecule has 4 N–H and O–H groups in total. The highest BCUT2D eigenvalue weighted by Crippen LogP contribution is 2.47. The number of rotatable bonds is 10. The van der Waals surface area contributed by atoms with E-state index < -0.39 is 62.1 Å². The number of carbonyl (C=O) groups excluding carboxylic acids is 1. The molecule has 0 radical (unpaired) electrons. The average Bonchev–Trinajstić information content (AvgIpc) is 3.08. The molecule has 1 aromatic heterocycles. The number of aromatic amines is 1. The third-order valence-electron chi connectivity index (χ3n) is 5.27. The number of esters is 1. The molecule has 1 aromatic carbocycles. The lowest BCUT2D eigenvalue weighted by molar-refractivity contribution is -0.149. The number of aromatic nitrogens is 2. The molecule has 1 aliphatic heterocycles. The van der Waals surface area contributed by atoms with Gasteiger partial charge in [-0.15, -0.1) is 6.42 Å². The fourth-order valence-corrected chi connectivity index (χ4v) is 5.22. The number of nitrogens with one attached hydrogen (secondary N) is 2. The molecular weight excluding hydrogens is 525 g/mol. The Morgan fingerprint density at radius 3 is 2.59 bits per heavy atom. The number of terminal acetylenes is 1. The minimum absolute atomic E-state index is 0.0882. The zero-order valence-electron chi connectivity index (χ0n) is 20.3. The normalized spacial score (nSPS) is 25.7. The Bertz CT molecular complexity index is 1310. The van der Waals surface area contributed by atoms with Crippen LogP contribution in [0.3, 0.4) is 0 Å². The smallest absolute Gasteiger partial charge is 0.459 e. The predicted octanol–water partition coefficient (Wildman–Crippen LogP) is 1.66. The summed E-state index contributed by atoms with van der Waals surface area (Å²) in [6.07, 6.45) is 1.89. The highest BCUT2D eigenvalue weighted by molar-refractivity contribution is 7.71. The van der Waals surface area contributed by atoms with Crippen molar-refractivity contribution in [1.82, 2.24) is 14.6 Å². The van der Waals surface area contributed by atoms with E-state index in [1.807, 2.05) is 0 Å². The molecule has 1 saturated heterocycles. The van der Waals surface area contributed by atoms with Crippen LogP contribution in [0.25, 0.3) is 0 Å². The third-order valence-corrected chi connectivity index (χ3v) is 7.21. The second-order valence-electron chi connectivity index (χ2n) is 8.51. The summed E-state index contributed by atoms with van der Waals surface area (Å²) in [5, 5.41) is 24.0. The fraction of sp³-hybridized carbons (Fsp3) is 0.435. The van der Waals surface area contributed by atoms with E-state index in [1.165, 1.54) is 29.8 Å². The van der Waals surface area contributed by atoms with E-state index in [-0.39, 0.29) is 10.5 Å². The van der Waals surface area contributed by atoms with Crippen LogP contribution < -0.4 is 15.2 Å². The highest BCUT2D eigenvalue weighted by atomic mass is 32.1. The molecule has 0 bridgehead atoms. The number of hydrogen-bond donors (Lipinski definition) is 4. The summed E-state index contributed by atoms with van der Waals surface area (Å²) in [5.41, 5.74) is -2.48. The molecule has 37 heavy (non-hydrogen) atoms. The monoisotopic (exact) mass is 553 g/mol. The number of para-hydroxylation sites is 1. The van der Waals surface area contributed by atoms with Gasteiger partial charge in [0.05, 0.1) is 6.10 Å². The molecule has 2 heterocycles. The van der Waals surface area contributed by atoms with Crippen molar-refractivity contribution in [2.75, 3.05) is 6.61 Å². The van der Waals surface area contributed by atoms with E-state index in [9.17, 15) is 24.4 Å². The van der Waals surface area contributed by atoms with Gasteiger partial charge in [-0.25, -0.2) is 4.57 Å². The molecule has 1 aliphatic rings. The number of carbonyl (C=O) groups is 1. The summed E-state index contributed by atoms with van der Waals surface area (Å²) in [6, 6.07) is 8.05. The van der Waals surface area contributed by atoms with Gasteiger partial charge in [0.2, 0.25) is 0 Å². The van der Waals surface area contributed by atoms with E-state index in [4.69, 9.17) is 37.2 Å². The van der Waals surface area contributed by atoms with Gasteiger partial charge in [0.15, 0.2) is 16.6 Å². The Hall–Kier alpha value is -2.82. The van der Waals surface area contributed by atoms with Crippen LogP contribution in [0.5, 0.6) is 5.75 Å². The molecule has 14 heteroatoms. The van der Waals surface area contributed by atoms with Gasteiger partial charge in [0.25, 0.3) is 5.56 Å². The second-order valence-corrected chi connectivity index (χ2v) is 10.6. The summed E-state index contributed by atoms with van der Waals surface area (Å²) in [6.45, 7) is 4.00. The van der Waals surface area contributed by atoms with Crippen LogP contribution in [-0.4, -0.2) is 62.3 Å². The lowest BCUT2D eigenvalue weighted by Crippen LogP contribution is -2.46. The van der Waals surface area contributed by atoms with Crippen LogP contribution in [0.15, 0.2) is 47.4 Å². The number of aliphatic hydroxyl groups is 2. The largest absolute Gasteiger partial charge is 0.462 e. The average molecular weight is 554 g/mol. The first-order chi connectivity index (χ1) is 17.4. The zero-order chi connectivity index (χ0) is 27.4. The van der Waals surface area contributed by atoms with Crippen LogP contribution in [0.2, 0.25) is 0 Å². The molecule has 0 spiro atoms. The van der Waals surface area contributed by atoms with Crippen molar-refractivity contribution in [2.45, 2.75) is 57.0 Å². The maximum Gasteiger partial charge on any atom is 0.459 e. The number of hydrogen-bond acceptors (Lipinski definition) is 10. The quantitative estimate of drug-likeness (QED) is 0.147. The van der Waals surface area contributed by atoms with E-state index in [1.54, 1.807) is 32.0 Å². The van der Waals surface area contributed by atoms with Crippen LogP contribution in [0.4, 0.5) is 0 Å². The van der Waals surface area contributed by atoms with E-state index in [2.05, 4.69) is 16.0 Å². The summed E-state index contributed by atoms with van der Waals surface area (Å²) in [4.78, 5) is 26.2. The minimum atomic E-state index is -4.35. The van der Waals surface area contributed by atoms with Crippen LogP contribution in [-0.2, 0) is 23.4 Å². The SMILES string of the molecule is C#C[C@]1(COP(=O)(N[C@@H](C)C(=O)OC(C)C)Oc2ccccc2)O[C@@H](n2ccc(=O)[nH]c2=S)C(O)[C@H]1O. The number of ether oxygens (including phenoxy) is 2. The predicted molar refractivity (Wildman–Crippen MR) is 134 cm³/mol. The van der Waals surface area contributed by atoms with Crippen molar-refractivity contribution < 1.29 is 38.1 Å². The van der Waals surface area contributed by atoms with Crippen molar-refractivity contribution in [3.8, 4) is 18.1 Å². The summed E-state index contributed by atoms with van der Waals surface area (Å²) in [7, 11) is -4.35. The summed E-state index contributed by atoms with van der Waals surface area (Å²) < 4.78 is 36.9. The molecule has 12 nitrogen and oxygen atoms in total. The Labute approximate surface area is 218 Å². The molecule has 0 aliphatic carbocycles. The van der Waals surface area contributed by atoms with E-state index in [0.717, 1.165) is 6.07 Å². The lowest BCUT2D eigenvalue weighted by atomic mass is 9.97. The molecule has 0 amide bonds.